The van der Waals surface area contributed by atoms with Crippen molar-refractivity contribution in [3.63, 3.8) is 0 Å². The molecule has 0 bridgehead atoms. The van der Waals surface area contributed by atoms with E-state index in [9.17, 15) is 0 Å². The van der Waals surface area contributed by atoms with Crippen LogP contribution in [0.3, 0.4) is 0 Å². The lowest BCUT2D eigenvalue weighted by molar-refractivity contribution is 0.776. The second-order valence-corrected chi connectivity index (χ2v) is 9.50. The van der Waals surface area contributed by atoms with Crippen molar-refractivity contribution in [3.8, 4) is 0 Å². The van der Waals surface area contributed by atoms with Gasteiger partial charge in [0.05, 0.1) is 0 Å². The third-order valence-corrected chi connectivity index (χ3v) is 7.68. The number of fused-ring (bicyclic) bond motifs is 6. The van der Waals surface area contributed by atoms with Crippen molar-refractivity contribution in [2.24, 2.45) is 0 Å². The van der Waals surface area contributed by atoms with Gasteiger partial charge < -0.3 is 0 Å². The van der Waals surface area contributed by atoms with Crippen molar-refractivity contribution in [2.75, 3.05) is 0 Å². The molecule has 1 aliphatic carbocycles. The highest BCUT2D eigenvalue weighted by atomic mass is 14.3. The zero-order chi connectivity index (χ0) is 21.4. The molecule has 0 heterocycles. The molecule has 0 aliphatic heterocycles. The smallest absolute Gasteiger partial charge is 0.00673 e. The van der Waals surface area contributed by atoms with Gasteiger partial charge >= 0.3 is 0 Å². The number of benzene rings is 6. The van der Waals surface area contributed by atoms with Crippen molar-refractivity contribution in [1.29, 1.82) is 0 Å². The molecule has 0 fully saturated rings. The molecule has 1 aliphatic rings. The Kier molecular flexibility index (Phi) is 3.62. The summed E-state index contributed by atoms with van der Waals surface area (Å²) in [5, 5.41) is 10.6. The van der Waals surface area contributed by atoms with E-state index in [0.29, 0.717) is 11.8 Å². The predicted molar refractivity (Wildman–Crippen MR) is 138 cm³/mol. The van der Waals surface area contributed by atoms with Gasteiger partial charge in [0.15, 0.2) is 0 Å². The summed E-state index contributed by atoms with van der Waals surface area (Å²) in [6.07, 6.45) is 0. The molecule has 0 aromatic heterocycles. The molecule has 0 spiro atoms. The zero-order valence-electron chi connectivity index (χ0n) is 18.4. The predicted octanol–water partition coefficient (Wildman–Crippen LogP) is 8.92. The minimum atomic E-state index is 0.392. The summed E-state index contributed by atoms with van der Waals surface area (Å²) in [4.78, 5) is 0. The third kappa shape index (κ3) is 2.50. The summed E-state index contributed by atoms with van der Waals surface area (Å²) in [5.41, 5.74) is 5.92. The maximum Gasteiger partial charge on any atom is 0.00673 e. The van der Waals surface area contributed by atoms with Gasteiger partial charge in [0.1, 0.15) is 0 Å². The van der Waals surface area contributed by atoms with E-state index >= 15 is 0 Å². The molecule has 0 unspecified atom stereocenters. The first kappa shape index (κ1) is 18.0. The molecule has 0 nitrogen and oxygen atoms in total. The van der Waals surface area contributed by atoms with Crippen LogP contribution in [-0.2, 0) is 0 Å². The molecule has 0 amide bonds. The summed E-state index contributed by atoms with van der Waals surface area (Å²) in [6.45, 7) is 4.76. The molecule has 6 aromatic rings. The molecule has 7 rings (SSSR count). The third-order valence-electron chi connectivity index (χ3n) is 7.68. The summed E-state index contributed by atoms with van der Waals surface area (Å²) < 4.78 is 0. The van der Waals surface area contributed by atoms with Crippen molar-refractivity contribution in [1.82, 2.24) is 0 Å². The Morgan fingerprint density at radius 2 is 0.594 bits per heavy atom. The molecule has 0 heteroatoms. The van der Waals surface area contributed by atoms with Crippen LogP contribution in [0.4, 0.5) is 0 Å². The lowest BCUT2D eigenvalue weighted by Gasteiger charge is -2.32. The molecule has 0 N–H and O–H groups in total. The van der Waals surface area contributed by atoms with Crippen molar-refractivity contribution >= 4 is 43.1 Å². The van der Waals surface area contributed by atoms with Gasteiger partial charge in [-0.3, -0.25) is 0 Å². The second kappa shape index (κ2) is 6.43. The molecule has 32 heavy (non-hydrogen) atoms. The van der Waals surface area contributed by atoms with Crippen LogP contribution in [0, 0.1) is 0 Å². The van der Waals surface area contributed by atoms with Gasteiger partial charge in [-0.05, 0) is 89.6 Å². The topological polar surface area (TPSA) is 0 Å². The summed E-state index contributed by atoms with van der Waals surface area (Å²) in [7, 11) is 0. The summed E-state index contributed by atoms with van der Waals surface area (Å²) in [5.74, 6) is 0.783. The molecule has 0 radical (unpaired) electrons. The molecule has 0 saturated carbocycles. The fraction of sp³-hybridized carbons (Fsp3) is 0.125. The Labute approximate surface area is 188 Å². The van der Waals surface area contributed by atoms with Crippen LogP contribution < -0.4 is 0 Å². The van der Waals surface area contributed by atoms with Crippen LogP contribution in [0.2, 0.25) is 0 Å². The average molecular weight is 409 g/mol. The molecule has 0 atom stereocenters. The van der Waals surface area contributed by atoms with Gasteiger partial charge in [-0.1, -0.05) is 86.6 Å². The van der Waals surface area contributed by atoms with Gasteiger partial charge in [0, 0.05) is 11.8 Å². The van der Waals surface area contributed by atoms with E-state index < -0.39 is 0 Å². The molecular formula is C32H24. The Morgan fingerprint density at radius 1 is 0.344 bits per heavy atom. The van der Waals surface area contributed by atoms with E-state index in [0.717, 1.165) is 0 Å². The molecular weight excluding hydrogens is 384 g/mol. The summed E-state index contributed by atoms with van der Waals surface area (Å²) >= 11 is 0. The normalized spacial score (nSPS) is 17.7. The number of hydrogen-bond acceptors (Lipinski definition) is 0. The fourth-order valence-electron chi connectivity index (χ4n) is 5.89. The van der Waals surface area contributed by atoms with Crippen molar-refractivity contribution in [3.05, 3.63) is 119 Å². The first-order valence-electron chi connectivity index (χ1n) is 11.6. The van der Waals surface area contributed by atoms with Crippen molar-refractivity contribution < 1.29 is 0 Å². The SMILES string of the molecule is CC1c2cc3cc4ccccc4cc3cc2C(C)c2cc3cc4ccccc4cc3cc21. The van der Waals surface area contributed by atoms with Gasteiger partial charge in [0.25, 0.3) is 0 Å². The van der Waals surface area contributed by atoms with Crippen LogP contribution in [-0.4, -0.2) is 0 Å². The quantitative estimate of drug-likeness (QED) is 0.220. The molecule has 152 valence electrons. The van der Waals surface area contributed by atoms with E-state index in [1.807, 2.05) is 0 Å². The Balaban J connectivity index is 1.48. The highest BCUT2D eigenvalue weighted by Crippen LogP contribution is 2.46. The second-order valence-electron chi connectivity index (χ2n) is 9.50. The van der Waals surface area contributed by atoms with E-state index in [1.165, 1.54) is 65.3 Å². The Hall–Kier alpha value is -3.64. The standard InChI is InChI=1S/C32H24/c1-19-29-15-25-11-21-7-3-5-9-23(21)13-27(25)17-31(29)20(2)32-18-28-14-24-10-6-4-8-22(24)12-26(28)16-30(19)32/h3-20H,1-2H3. The van der Waals surface area contributed by atoms with Crippen molar-refractivity contribution in [2.45, 2.75) is 25.7 Å². The Bertz CT molecular complexity index is 1450. The van der Waals surface area contributed by atoms with Crippen LogP contribution in [0.15, 0.2) is 97.1 Å². The largest absolute Gasteiger partial charge is 0.0616 e. The zero-order valence-corrected chi connectivity index (χ0v) is 18.4. The minimum Gasteiger partial charge on any atom is -0.0616 e. The average Bonchev–Trinajstić information content (AvgIpc) is 2.83. The monoisotopic (exact) mass is 408 g/mol. The minimum absolute atomic E-state index is 0.392. The maximum atomic E-state index is 2.45. The first-order valence-corrected chi connectivity index (χ1v) is 11.6. The highest BCUT2D eigenvalue weighted by molar-refractivity contribution is 6.00. The van der Waals surface area contributed by atoms with Crippen LogP contribution in [0.5, 0.6) is 0 Å². The molecule has 0 saturated heterocycles. The Morgan fingerprint density at radius 3 is 0.844 bits per heavy atom. The van der Waals surface area contributed by atoms with Gasteiger partial charge in [-0.15, -0.1) is 0 Å². The fourth-order valence-corrected chi connectivity index (χ4v) is 5.89. The van der Waals surface area contributed by atoms with Gasteiger partial charge in [0.2, 0.25) is 0 Å². The number of rotatable bonds is 0. The first-order chi connectivity index (χ1) is 15.7. The maximum absolute atomic E-state index is 2.45. The highest BCUT2D eigenvalue weighted by Gasteiger charge is 2.28. The summed E-state index contributed by atoms with van der Waals surface area (Å²) in [6, 6.07) is 36.6. The lowest BCUT2D eigenvalue weighted by Crippen LogP contribution is -2.15. The van der Waals surface area contributed by atoms with Gasteiger partial charge in [-0.2, -0.15) is 0 Å². The lowest BCUT2D eigenvalue weighted by atomic mass is 9.72. The van der Waals surface area contributed by atoms with Crippen LogP contribution in [0.1, 0.15) is 47.9 Å². The van der Waals surface area contributed by atoms with E-state index in [2.05, 4.69) is 111 Å². The van der Waals surface area contributed by atoms with Crippen LogP contribution in [0.25, 0.3) is 43.1 Å². The van der Waals surface area contributed by atoms with Gasteiger partial charge in [-0.25, -0.2) is 0 Å². The molecule has 6 aromatic carbocycles. The van der Waals surface area contributed by atoms with Crippen LogP contribution >= 0.6 is 0 Å². The number of hydrogen-bond donors (Lipinski definition) is 0. The van der Waals surface area contributed by atoms with E-state index in [4.69, 9.17) is 0 Å². The van der Waals surface area contributed by atoms with E-state index in [-0.39, 0.29) is 0 Å². The van der Waals surface area contributed by atoms with E-state index in [1.54, 1.807) is 0 Å².